The third kappa shape index (κ3) is 10.1. The van der Waals surface area contributed by atoms with E-state index in [9.17, 15) is 26.1 Å². The molecule has 0 aromatic heterocycles. The summed E-state index contributed by atoms with van der Waals surface area (Å²) in [7, 11) is -4.27. The Morgan fingerprint density at radius 2 is 1.60 bits per heavy atom. The first-order valence-corrected chi connectivity index (χ1v) is 9.59. The molecule has 4 nitrogen and oxygen atoms in total. The average molecular weight is 393 g/mol. The Kier molecular flexibility index (Phi) is 8.43. The average Bonchev–Trinajstić information content (AvgIpc) is 2.52. The second-order valence-corrected chi connectivity index (χ2v) is 7.50. The summed E-state index contributed by atoms with van der Waals surface area (Å²) in [6, 6.07) is 15.1. The van der Waals surface area contributed by atoms with E-state index >= 15 is 0 Å². The van der Waals surface area contributed by atoms with Gasteiger partial charge in [0.1, 0.15) is 15.8 Å². The summed E-state index contributed by atoms with van der Waals surface area (Å²) >= 11 is 0.0216. The Hall–Kier alpha value is -1.55. The van der Waals surface area contributed by atoms with Gasteiger partial charge in [-0.1, -0.05) is 35.9 Å². The molecule has 0 aliphatic heterocycles. The molecule has 9 heteroatoms. The minimum absolute atomic E-state index is 0.0216. The molecule has 0 unspecified atom stereocenters. The minimum atomic E-state index is -4.27. The highest BCUT2D eigenvalue weighted by Crippen LogP contribution is 2.29. The maximum absolute atomic E-state index is 11.7. The van der Waals surface area contributed by atoms with E-state index < -0.39 is 15.6 Å². The molecule has 0 spiro atoms. The fourth-order valence-electron chi connectivity index (χ4n) is 1.69. The molecule has 0 saturated heterocycles. The molecule has 0 aliphatic carbocycles. The van der Waals surface area contributed by atoms with Crippen LogP contribution in [0.25, 0.3) is 0 Å². The van der Waals surface area contributed by atoms with Crippen LogP contribution in [0, 0.1) is 6.92 Å². The molecule has 2 rings (SSSR count). The van der Waals surface area contributed by atoms with Crippen molar-refractivity contribution in [3.63, 3.8) is 0 Å². The number of hydrogen-bond donors (Lipinski definition) is 1. The Morgan fingerprint density at radius 3 is 2.08 bits per heavy atom. The molecular formula is C16H18F3NO3S2. The molecular weight excluding hydrogens is 375 g/mol. The van der Waals surface area contributed by atoms with E-state index in [1.165, 1.54) is 12.1 Å². The van der Waals surface area contributed by atoms with Gasteiger partial charge in [-0.2, -0.15) is 13.2 Å². The summed E-state index contributed by atoms with van der Waals surface area (Å²) in [4.78, 5) is -0.178. The van der Waals surface area contributed by atoms with Crippen LogP contribution in [0.15, 0.2) is 59.5 Å². The van der Waals surface area contributed by atoms with Crippen molar-refractivity contribution < 1.29 is 31.5 Å². The van der Waals surface area contributed by atoms with Gasteiger partial charge in [0.15, 0.2) is 0 Å². The van der Waals surface area contributed by atoms with Gasteiger partial charge in [0, 0.05) is 0 Å². The van der Waals surface area contributed by atoms with Crippen LogP contribution in [0.5, 0.6) is 0 Å². The van der Waals surface area contributed by atoms with Crippen molar-refractivity contribution in [2.75, 3.05) is 12.3 Å². The summed E-state index contributed by atoms with van der Waals surface area (Å²) in [5.74, 6) is 0.0817. The molecule has 0 aliphatic rings. The van der Waals surface area contributed by atoms with Gasteiger partial charge in [-0.05, 0) is 43.0 Å². The van der Waals surface area contributed by atoms with Crippen LogP contribution in [0.3, 0.4) is 0 Å². The Balaban J connectivity index is 0.000000257. The first-order valence-electron chi connectivity index (χ1n) is 7.19. The fourth-order valence-corrected chi connectivity index (χ4v) is 2.63. The van der Waals surface area contributed by atoms with Crippen molar-refractivity contribution in [1.29, 1.82) is 0 Å². The Morgan fingerprint density at radius 1 is 1.04 bits per heavy atom. The number of benzene rings is 2. The molecule has 0 bridgehead atoms. The van der Waals surface area contributed by atoms with Crippen molar-refractivity contribution in [2.24, 2.45) is 0 Å². The zero-order chi connectivity index (χ0) is 18.9. The van der Waals surface area contributed by atoms with Crippen molar-refractivity contribution in [3.05, 3.63) is 60.2 Å². The molecule has 2 aromatic rings. The number of para-hydroxylation sites is 1. The van der Waals surface area contributed by atoms with Gasteiger partial charge >= 0.3 is 5.51 Å². The predicted molar refractivity (Wildman–Crippen MR) is 90.5 cm³/mol. The molecule has 2 aromatic carbocycles. The second kappa shape index (κ2) is 9.81. The number of alkyl halides is 3. The van der Waals surface area contributed by atoms with E-state index in [2.05, 4.69) is 0 Å². The topological polar surface area (TPSA) is 73.8 Å². The zero-order valence-electron chi connectivity index (χ0n) is 13.4. The van der Waals surface area contributed by atoms with Crippen molar-refractivity contribution in [2.45, 2.75) is 17.3 Å². The van der Waals surface area contributed by atoms with Crippen LogP contribution in [0.1, 0.15) is 5.56 Å². The third-order valence-corrected chi connectivity index (χ3v) is 4.49. The molecule has 25 heavy (non-hydrogen) atoms. The number of hydrogen-bond acceptors (Lipinski definition) is 4. The summed E-state index contributed by atoms with van der Waals surface area (Å²) in [5.41, 5.74) is -2.21. The molecule has 0 saturated carbocycles. The van der Waals surface area contributed by atoms with Gasteiger partial charge in [-0.15, -0.1) is 0 Å². The van der Waals surface area contributed by atoms with E-state index in [4.69, 9.17) is 0 Å². The van der Waals surface area contributed by atoms with E-state index in [1.54, 1.807) is 17.4 Å². The number of thioether (sulfide) groups is 1. The summed E-state index contributed by atoms with van der Waals surface area (Å²) in [5, 5.41) is 1.80. The van der Waals surface area contributed by atoms with E-state index in [-0.39, 0.29) is 22.4 Å². The van der Waals surface area contributed by atoms with Crippen LogP contribution >= 0.6 is 11.8 Å². The highest BCUT2D eigenvalue weighted by atomic mass is 32.2. The summed E-state index contributed by atoms with van der Waals surface area (Å²) < 4.78 is 66.4. The van der Waals surface area contributed by atoms with Crippen molar-refractivity contribution in [3.8, 4) is 0 Å². The van der Waals surface area contributed by atoms with E-state index in [0.29, 0.717) is 6.54 Å². The Bertz CT molecular complexity index is 733. The van der Waals surface area contributed by atoms with Crippen LogP contribution in [-0.4, -0.2) is 30.8 Å². The van der Waals surface area contributed by atoms with Crippen LogP contribution in [-0.2, 0) is 10.1 Å². The lowest BCUT2D eigenvalue weighted by Gasteiger charge is -2.05. The molecule has 0 fully saturated rings. The lowest BCUT2D eigenvalue weighted by atomic mass is 10.2. The van der Waals surface area contributed by atoms with Gasteiger partial charge in [-0.3, -0.25) is 0 Å². The highest BCUT2D eigenvalue weighted by molar-refractivity contribution is 8.00. The van der Waals surface area contributed by atoms with Crippen LogP contribution < -0.4 is 5.32 Å². The van der Waals surface area contributed by atoms with Gasteiger partial charge < -0.3 is 9.87 Å². The molecule has 0 amide bonds. The lowest BCUT2D eigenvalue weighted by molar-refractivity contribution is -0.566. The highest BCUT2D eigenvalue weighted by Gasteiger charge is 2.27. The summed E-state index contributed by atoms with van der Waals surface area (Å²) in [6.45, 7) is 2.26. The molecule has 0 atom stereocenters. The smallest absolute Gasteiger partial charge is 0.442 e. The standard InChI is InChI=1S/C9H10F3NS.C7H8O3S/c10-9(11,12)14-7-6-13-8-4-2-1-3-5-8;1-6-2-4-7(5-3-6)11(8,9)10/h1-5,13H,6-7H2;2-5H,1H3,(H,8,9,10). The third-order valence-electron chi connectivity index (χ3n) is 2.87. The lowest BCUT2D eigenvalue weighted by Crippen LogP contribution is -2.78. The zero-order valence-corrected chi connectivity index (χ0v) is 15.0. The van der Waals surface area contributed by atoms with Crippen LogP contribution in [0.2, 0.25) is 0 Å². The van der Waals surface area contributed by atoms with Crippen molar-refractivity contribution in [1.82, 2.24) is 0 Å². The summed E-state index contributed by atoms with van der Waals surface area (Å²) in [6.07, 6.45) is 0. The number of halogens is 3. The molecule has 0 heterocycles. The van der Waals surface area contributed by atoms with Crippen molar-refractivity contribution >= 4 is 27.6 Å². The second-order valence-electron chi connectivity index (χ2n) is 4.96. The first kappa shape index (κ1) is 21.5. The van der Waals surface area contributed by atoms with E-state index in [1.807, 2.05) is 37.3 Å². The number of aryl methyl sites for hydroxylation is 1. The van der Waals surface area contributed by atoms with Crippen LogP contribution in [0.4, 0.5) is 18.9 Å². The first-order chi connectivity index (χ1) is 11.6. The number of rotatable bonds is 5. The van der Waals surface area contributed by atoms with Gasteiger partial charge in [-0.25, -0.2) is 8.42 Å². The predicted octanol–water partition coefficient (Wildman–Crippen LogP) is 3.03. The largest absolute Gasteiger partial charge is 0.744 e. The molecule has 2 N–H and O–H groups in total. The number of quaternary nitrogens is 1. The van der Waals surface area contributed by atoms with E-state index in [0.717, 1.165) is 11.3 Å². The monoisotopic (exact) mass is 393 g/mol. The maximum atomic E-state index is 11.7. The number of nitrogens with two attached hydrogens (primary N) is 1. The fraction of sp³-hybridized carbons (Fsp3) is 0.250. The van der Waals surface area contributed by atoms with Gasteiger partial charge in [0.05, 0.1) is 17.2 Å². The normalized spacial score (nSPS) is 11.6. The van der Waals surface area contributed by atoms with Gasteiger partial charge in [0.25, 0.3) is 0 Å². The Labute approximate surface area is 149 Å². The SMILES string of the molecule is Cc1ccc(S(=O)(=O)[O-])cc1.FC(F)(F)SCC[NH2+]c1ccccc1. The molecule has 138 valence electrons. The maximum Gasteiger partial charge on any atom is 0.442 e. The van der Waals surface area contributed by atoms with Gasteiger partial charge in [0.2, 0.25) is 0 Å². The minimum Gasteiger partial charge on any atom is -0.744 e. The molecule has 0 radical (unpaired) electrons. The quantitative estimate of drug-likeness (QED) is 0.481.